The van der Waals surface area contributed by atoms with E-state index in [1.165, 1.54) is 24.3 Å². The van der Waals surface area contributed by atoms with Gasteiger partial charge >= 0.3 is 11.9 Å². The fraction of sp³-hybridized carbons (Fsp3) is 0.148. The van der Waals surface area contributed by atoms with Gasteiger partial charge in [0.2, 0.25) is 0 Å². The van der Waals surface area contributed by atoms with Gasteiger partial charge in [0.25, 0.3) is 11.2 Å². The molecule has 0 aliphatic rings. The van der Waals surface area contributed by atoms with Crippen molar-refractivity contribution in [3.63, 3.8) is 0 Å². The van der Waals surface area contributed by atoms with E-state index in [0.717, 1.165) is 37.4 Å². The molecule has 0 saturated carbocycles. The Morgan fingerprint density at radius 1 is 1.07 bits per heavy atom. The van der Waals surface area contributed by atoms with Gasteiger partial charge in [-0.25, -0.2) is 18.1 Å². The monoisotopic (exact) mass is 667 g/mol. The number of anilines is 1. The SMILES string of the molecule is COc1cccc(-n2c(=O)c(C(CBr)=Nc3ccc([N+](=O)[O-])cc3)c(N)n(Cc3c(F)cccc3C(F)(F)F)c2=O)c1F. The average molecular weight is 668 g/mol. The summed E-state index contributed by atoms with van der Waals surface area (Å²) in [5.74, 6) is -3.51. The molecular weight excluding hydrogens is 649 g/mol. The highest BCUT2D eigenvalue weighted by atomic mass is 79.9. The van der Waals surface area contributed by atoms with Crippen molar-refractivity contribution in [2.24, 2.45) is 4.99 Å². The highest BCUT2D eigenvalue weighted by Crippen LogP contribution is 2.34. The summed E-state index contributed by atoms with van der Waals surface area (Å²) in [6.45, 7) is -1.10. The van der Waals surface area contributed by atoms with Crippen LogP contribution in [-0.4, -0.2) is 32.2 Å². The smallest absolute Gasteiger partial charge is 0.416 e. The van der Waals surface area contributed by atoms with Crippen molar-refractivity contribution < 1.29 is 31.6 Å². The lowest BCUT2D eigenvalue weighted by molar-refractivity contribution is -0.384. The first-order chi connectivity index (χ1) is 20.3. The summed E-state index contributed by atoms with van der Waals surface area (Å²) in [6.07, 6.45) is -5.02. The van der Waals surface area contributed by atoms with Crippen LogP contribution in [0.5, 0.6) is 5.75 Å². The molecule has 0 aliphatic heterocycles. The number of nitrogen functional groups attached to an aromatic ring is 1. The van der Waals surface area contributed by atoms with Crippen LogP contribution in [0.4, 0.5) is 39.1 Å². The fourth-order valence-corrected chi connectivity index (χ4v) is 4.64. The molecule has 0 radical (unpaired) electrons. The van der Waals surface area contributed by atoms with Crippen molar-refractivity contribution in [3.8, 4) is 11.4 Å². The molecule has 0 amide bonds. The molecule has 1 heterocycles. The second-order valence-electron chi connectivity index (χ2n) is 8.79. The van der Waals surface area contributed by atoms with Crippen LogP contribution in [0.2, 0.25) is 0 Å². The molecular formula is C27H19BrF5N5O5. The predicted molar refractivity (Wildman–Crippen MR) is 151 cm³/mol. The lowest BCUT2D eigenvalue weighted by atomic mass is 10.1. The summed E-state index contributed by atoms with van der Waals surface area (Å²) in [5.41, 5.74) is -0.199. The van der Waals surface area contributed by atoms with Crippen molar-refractivity contribution >= 4 is 38.8 Å². The summed E-state index contributed by atoms with van der Waals surface area (Å²) < 4.78 is 77.3. The maximum absolute atomic E-state index is 15.4. The maximum Gasteiger partial charge on any atom is 0.416 e. The number of benzene rings is 3. The molecule has 0 atom stereocenters. The van der Waals surface area contributed by atoms with Crippen molar-refractivity contribution in [1.29, 1.82) is 0 Å². The van der Waals surface area contributed by atoms with E-state index in [4.69, 9.17) is 10.5 Å². The number of rotatable bonds is 8. The fourth-order valence-electron chi connectivity index (χ4n) is 4.23. The third kappa shape index (κ3) is 6.04. The van der Waals surface area contributed by atoms with Crippen LogP contribution < -0.4 is 21.7 Å². The third-order valence-corrected chi connectivity index (χ3v) is 6.80. The van der Waals surface area contributed by atoms with Gasteiger partial charge in [-0.05, 0) is 36.4 Å². The average Bonchev–Trinajstić information content (AvgIpc) is 2.96. The van der Waals surface area contributed by atoms with Crippen LogP contribution >= 0.6 is 15.9 Å². The Labute approximate surface area is 246 Å². The third-order valence-electron chi connectivity index (χ3n) is 6.27. The standard InChI is InChI=1S/C27H19BrF5N5O5/c1-43-21-7-3-6-20(23(21)30)37-25(39)22(19(12-28)35-14-8-10-15(11-9-14)38(41)42)24(34)36(26(37)40)13-16-17(27(31,32)33)4-2-5-18(16)29/h2-11H,12-13,34H2,1H3. The Morgan fingerprint density at radius 2 is 1.72 bits per heavy atom. The number of nitrogens with two attached hydrogens (primary N) is 1. The van der Waals surface area contributed by atoms with Gasteiger partial charge < -0.3 is 10.5 Å². The van der Waals surface area contributed by atoms with Crippen LogP contribution in [0.25, 0.3) is 5.69 Å². The zero-order valence-corrected chi connectivity index (χ0v) is 23.4. The normalized spacial score (nSPS) is 11.9. The van der Waals surface area contributed by atoms with E-state index in [9.17, 15) is 37.3 Å². The number of ether oxygens (including phenoxy) is 1. The minimum absolute atomic E-state index is 0.101. The van der Waals surface area contributed by atoms with E-state index in [-0.39, 0.29) is 28.2 Å². The molecule has 1 aromatic heterocycles. The molecule has 0 aliphatic carbocycles. The second kappa shape index (κ2) is 12.2. The van der Waals surface area contributed by atoms with Crippen molar-refractivity contribution in [1.82, 2.24) is 9.13 Å². The maximum atomic E-state index is 15.4. The first-order valence-electron chi connectivity index (χ1n) is 12.0. The van der Waals surface area contributed by atoms with Crippen LogP contribution in [0.1, 0.15) is 16.7 Å². The van der Waals surface area contributed by atoms with Gasteiger partial charge in [-0.15, -0.1) is 0 Å². The Balaban J connectivity index is 2.08. The van der Waals surface area contributed by atoms with Crippen molar-refractivity contribution in [2.75, 3.05) is 18.2 Å². The minimum atomic E-state index is -5.02. The molecule has 16 heteroatoms. The number of hydrogen-bond acceptors (Lipinski definition) is 7. The molecule has 0 bridgehead atoms. The first-order valence-corrected chi connectivity index (χ1v) is 13.1. The number of aromatic nitrogens is 2. The van der Waals surface area contributed by atoms with Crippen molar-refractivity contribution in [2.45, 2.75) is 12.7 Å². The summed E-state index contributed by atoms with van der Waals surface area (Å²) >= 11 is 3.16. The van der Waals surface area contributed by atoms with Crippen LogP contribution in [0.3, 0.4) is 0 Å². The molecule has 10 nitrogen and oxygen atoms in total. The molecule has 0 fully saturated rings. The van der Waals surface area contributed by atoms with Crippen LogP contribution in [-0.2, 0) is 12.7 Å². The Kier molecular flexibility index (Phi) is 8.80. The molecule has 224 valence electrons. The number of nitro groups is 1. The van der Waals surface area contributed by atoms with Gasteiger partial charge in [0.1, 0.15) is 17.2 Å². The zero-order valence-electron chi connectivity index (χ0n) is 21.9. The number of hydrogen-bond donors (Lipinski definition) is 1. The largest absolute Gasteiger partial charge is 0.494 e. The van der Waals surface area contributed by atoms with E-state index >= 15 is 4.39 Å². The summed E-state index contributed by atoms with van der Waals surface area (Å²) in [4.78, 5) is 42.1. The highest BCUT2D eigenvalue weighted by Gasteiger charge is 2.35. The minimum Gasteiger partial charge on any atom is -0.494 e. The van der Waals surface area contributed by atoms with E-state index < -0.39 is 68.7 Å². The summed E-state index contributed by atoms with van der Waals surface area (Å²) in [6, 6.07) is 10.5. The molecule has 2 N–H and O–H groups in total. The van der Waals surface area contributed by atoms with Gasteiger partial charge in [0.05, 0.1) is 41.2 Å². The number of halogens is 6. The van der Waals surface area contributed by atoms with Gasteiger partial charge in [0.15, 0.2) is 11.6 Å². The quantitative estimate of drug-likeness (QED) is 0.0884. The zero-order chi connectivity index (χ0) is 31.6. The van der Waals surface area contributed by atoms with E-state index in [1.54, 1.807) is 0 Å². The van der Waals surface area contributed by atoms with Crippen molar-refractivity contribution in [3.05, 3.63) is 120 Å². The Morgan fingerprint density at radius 3 is 2.30 bits per heavy atom. The molecule has 0 unspecified atom stereocenters. The van der Waals surface area contributed by atoms with E-state index in [1.807, 2.05) is 0 Å². The van der Waals surface area contributed by atoms with E-state index in [0.29, 0.717) is 15.2 Å². The number of methoxy groups -OCH3 is 1. The highest BCUT2D eigenvalue weighted by molar-refractivity contribution is 9.09. The number of aliphatic imine (C=N–C) groups is 1. The van der Waals surface area contributed by atoms with Gasteiger partial charge in [-0.1, -0.05) is 28.1 Å². The molecule has 4 rings (SSSR count). The topological polar surface area (TPSA) is 135 Å². The predicted octanol–water partition coefficient (Wildman–Crippen LogP) is 5.36. The first kappa shape index (κ1) is 31.1. The van der Waals surface area contributed by atoms with Gasteiger partial charge in [-0.3, -0.25) is 24.5 Å². The van der Waals surface area contributed by atoms with Gasteiger partial charge in [-0.2, -0.15) is 13.2 Å². The Bertz CT molecular complexity index is 1870. The van der Waals surface area contributed by atoms with E-state index in [2.05, 4.69) is 20.9 Å². The number of nitrogens with zero attached hydrogens (tertiary/aromatic N) is 4. The second-order valence-corrected chi connectivity index (χ2v) is 9.35. The molecule has 0 saturated heterocycles. The molecule has 4 aromatic rings. The Hall–Kier alpha value is -4.86. The summed E-state index contributed by atoms with van der Waals surface area (Å²) in [5, 5.41) is 10.8. The lowest BCUT2D eigenvalue weighted by Crippen LogP contribution is -2.44. The lowest BCUT2D eigenvalue weighted by Gasteiger charge is -2.20. The van der Waals surface area contributed by atoms with Crippen LogP contribution in [0.15, 0.2) is 75.2 Å². The number of non-ortho nitro benzene ring substituents is 1. The van der Waals surface area contributed by atoms with Gasteiger partial charge in [0, 0.05) is 23.0 Å². The number of alkyl halides is 4. The molecule has 43 heavy (non-hydrogen) atoms. The molecule has 0 spiro atoms. The summed E-state index contributed by atoms with van der Waals surface area (Å²) in [7, 11) is 1.13. The van der Waals surface area contributed by atoms with Crippen LogP contribution in [0, 0.1) is 21.7 Å². The molecule has 3 aromatic carbocycles. The number of nitro benzene ring substituents is 1.